The van der Waals surface area contributed by atoms with Crippen LogP contribution in [-0.2, 0) is 20.5 Å². The third kappa shape index (κ3) is 10.2. The molecule has 0 spiro atoms. The topological polar surface area (TPSA) is 85.0 Å². The number of unbranched alkanes of at least 4 members (excludes halogenated alkanes) is 1. The molecule has 10 heteroatoms. The van der Waals surface area contributed by atoms with Crippen LogP contribution in [0.25, 0.3) is 0 Å². The summed E-state index contributed by atoms with van der Waals surface area (Å²) in [6.07, 6.45) is 2.03. The zero-order valence-corrected chi connectivity index (χ0v) is 25.0. The maximum absolute atomic E-state index is 14.0. The predicted molar refractivity (Wildman–Crippen MR) is 153 cm³/mol. The number of carbonyl (C=O) groups is 2. The van der Waals surface area contributed by atoms with Crippen LogP contribution in [0.3, 0.4) is 0 Å². The van der Waals surface area contributed by atoms with Crippen molar-refractivity contribution in [1.29, 1.82) is 0 Å². The van der Waals surface area contributed by atoms with Gasteiger partial charge in [0, 0.05) is 24.4 Å². The van der Waals surface area contributed by atoms with Crippen LogP contribution in [0.1, 0.15) is 103 Å². The molecule has 1 amide bonds. The van der Waals surface area contributed by atoms with Gasteiger partial charge in [-0.3, -0.25) is 14.6 Å². The second-order valence-electron chi connectivity index (χ2n) is 11.0. The molecule has 2 N–H and O–H groups in total. The minimum absolute atomic E-state index is 0.0134. The highest BCUT2D eigenvalue weighted by Gasteiger charge is 2.35. The summed E-state index contributed by atoms with van der Waals surface area (Å²) >= 11 is 0. The molecule has 0 aromatic heterocycles. The van der Waals surface area contributed by atoms with Crippen molar-refractivity contribution in [3.05, 3.63) is 46.4 Å². The molecule has 2 aliphatic rings. The summed E-state index contributed by atoms with van der Waals surface area (Å²) in [6, 6.07) is 3.60. The molecule has 1 saturated carbocycles. The first kappa shape index (κ1) is 34.5. The van der Waals surface area contributed by atoms with Gasteiger partial charge in [0.1, 0.15) is 11.5 Å². The zero-order valence-electron chi connectivity index (χ0n) is 25.0. The number of carbonyl (C=O) groups excluding carboxylic acids is 2. The van der Waals surface area contributed by atoms with Crippen molar-refractivity contribution in [2.75, 3.05) is 19.6 Å². The monoisotopic (exact) mass is 583 g/mol. The van der Waals surface area contributed by atoms with Gasteiger partial charge in [0.2, 0.25) is 0 Å². The van der Waals surface area contributed by atoms with E-state index < -0.39 is 17.6 Å². The van der Waals surface area contributed by atoms with Gasteiger partial charge >= 0.3 is 6.18 Å². The first-order chi connectivity index (χ1) is 19.3. The summed E-state index contributed by atoms with van der Waals surface area (Å²) in [7, 11) is 0. The van der Waals surface area contributed by atoms with Crippen LogP contribution in [0.5, 0.6) is 0 Å². The Bertz CT molecular complexity index is 1090. The van der Waals surface area contributed by atoms with Crippen LogP contribution in [-0.4, -0.2) is 54.1 Å². The van der Waals surface area contributed by atoms with Gasteiger partial charge < -0.3 is 15.4 Å². The fraction of sp³-hybridized carbons (Fsp3) is 0.645. The fourth-order valence-electron chi connectivity index (χ4n) is 5.38. The molecule has 3 rings (SSSR count). The first-order valence-corrected chi connectivity index (χ1v) is 14.6. The van der Waals surface area contributed by atoms with Gasteiger partial charge in [-0.2, -0.15) is 13.2 Å². The quantitative estimate of drug-likeness (QED) is 0.251. The Balaban J connectivity index is 0.000000290. The van der Waals surface area contributed by atoms with E-state index in [2.05, 4.69) is 4.99 Å². The minimum atomic E-state index is -4.62. The number of alkyl halides is 3. The van der Waals surface area contributed by atoms with Gasteiger partial charge in [-0.25, -0.2) is 4.39 Å². The summed E-state index contributed by atoms with van der Waals surface area (Å²) < 4.78 is 57.8. The Morgan fingerprint density at radius 3 is 2.32 bits per heavy atom. The average Bonchev–Trinajstić information content (AvgIpc) is 3.37. The predicted octanol–water partition coefficient (Wildman–Crippen LogP) is 6.97. The number of rotatable bonds is 9. The van der Waals surface area contributed by atoms with E-state index in [9.17, 15) is 27.2 Å². The number of nitrogens with two attached hydrogens (primary N) is 1. The maximum Gasteiger partial charge on any atom is 0.419 e. The number of halogens is 4. The standard InChI is InChI=1S/C16H25N3O3.C15H20F4/c1-10(20)7-18-14-6-4-5-13(14)15(17)16(21)19-8-11(2)22-12(3)9-19;1-3-5-8-11(7-4-2)12-9-6-10-13(14(12)16)15(17,18)19/h11-12H,4-9,17H2,1-3H3;6,9-11H,3-5,7-8H2,1-2H3/b15-13-,18-14?;/t11-,12+;. The van der Waals surface area contributed by atoms with Crippen molar-refractivity contribution in [1.82, 2.24) is 4.90 Å². The Labute approximate surface area is 241 Å². The molecule has 1 unspecified atom stereocenters. The Kier molecular flexibility index (Phi) is 13.5. The van der Waals surface area contributed by atoms with Crippen LogP contribution in [0.4, 0.5) is 17.6 Å². The number of benzene rings is 1. The molecule has 1 aliphatic heterocycles. The van der Waals surface area contributed by atoms with Crippen LogP contribution in [0, 0.1) is 5.82 Å². The molecular formula is C31H45F4N3O3. The number of hydrogen-bond acceptors (Lipinski definition) is 5. The SMILES string of the molecule is CC(=O)CN=C1CCC/C1=C(/N)C(=O)N1C[C@@H](C)O[C@@H](C)C1.CCCCC(CCC)c1cccc(C(F)(F)F)c1F. The van der Waals surface area contributed by atoms with Crippen molar-refractivity contribution < 1.29 is 31.9 Å². The Hall–Kier alpha value is -2.75. The maximum atomic E-state index is 14.0. The molecule has 6 nitrogen and oxygen atoms in total. The fourth-order valence-corrected chi connectivity index (χ4v) is 5.38. The molecule has 1 aromatic carbocycles. The van der Waals surface area contributed by atoms with Gasteiger partial charge in [-0.1, -0.05) is 45.2 Å². The van der Waals surface area contributed by atoms with E-state index >= 15 is 0 Å². The van der Waals surface area contributed by atoms with E-state index in [1.165, 1.54) is 19.1 Å². The molecule has 41 heavy (non-hydrogen) atoms. The molecular weight excluding hydrogens is 538 g/mol. The molecule has 230 valence electrons. The highest BCUT2D eigenvalue weighted by molar-refractivity contribution is 6.09. The van der Waals surface area contributed by atoms with E-state index in [0.717, 1.165) is 68.7 Å². The van der Waals surface area contributed by atoms with Crippen molar-refractivity contribution in [2.45, 2.75) is 110 Å². The normalized spacial score (nSPS) is 22.3. The number of ether oxygens (including phenoxy) is 1. The van der Waals surface area contributed by atoms with E-state index in [4.69, 9.17) is 10.5 Å². The van der Waals surface area contributed by atoms with E-state index in [0.29, 0.717) is 13.1 Å². The lowest BCUT2D eigenvalue weighted by atomic mass is 9.88. The molecule has 2 fully saturated rings. The Morgan fingerprint density at radius 2 is 1.76 bits per heavy atom. The van der Waals surface area contributed by atoms with E-state index in [1.54, 1.807) is 4.90 Å². The largest absolute Gasteiger partial charge is 0.419 e. The summed E-state index contributed by atoms with van der Waals surface area (Å²) in [4.78, 5) is 29.8. The number of nitrogens with zero attached hydrogens (tertiary/aromatic N) is 2. The van der Waals surface area contributed by atoms with Gasteiger partial charge in [-0.15, -0.1) is 0 Å². The molecule has 1 aromatic rings. The molecule has 0 bridgehead atoms. The van der Waals surface area contributed by atoms with Crippen LogP contribution in [0.2, 0.25) is 0 Å². The number of aliphatic imine (C=N–C) groups is 1. The summed E-state index contributed by atoms with van der Waals surface area (Å²) in [5.41, 5.74) is 7.10. The third-order valence-corrected chi connectivity index (χ3v) is 7.26. The van der Waals surface area contributed by atoms with Gasteiger partial charge in [0.05, 0.1) is 24.3 Å². The highest BCUT2D eigenvalue weighted by Crippen LogP contribution is 2.36. The van der Waals surface area contributed by atoms with Gasteiger partial charge in [0.25, 0.3) is 5.91 Å². The minimum Gasteiger partial charge on any atom is -0.394 e. The number of amides is 1. The molecule has 1 aliphatic carbocycles. The third-order valence-electron chi connectivity index (χ3n) is 7.26. The first-order valence-electron chi connectivity index (χ1n) is 14.6. The lowest BCUT2D eigenvalue weighted by Crippen LogP contribution is -2.49. The van der Waals surface area contributed by atoms with E-state index in [1.807, 2.05) is 27.7 Å². The molecule has 1 heterocycles. The second kappa shape index (κ2) is 16.0. The number of allylic oxidation sites excluding steroid dienone is 1. The summed E-state index contributed by atoms with van der Waals surface area (Å²) in [6.45, 7) is 10.7. The van der Waals surface area contributed by atoms with Crippen LogP contribution in [0.15, 0.2) is 34.5 Å². The van der Waals surface area contributed by atoms with Gasteiger partial charge in [0.15, 0.2) is 5.78 Å². The number of hydrogen-bond donors (Lipinski definition) is 1. The zero-order chi connectivity index (χ0) is 30.7. The second-order valence-corrected chi connectivity index (χ2v) is 11.0. The van der Waals surface area contributed by atoms with Crippen molar-refractivity contribution in [3.8, 4) is 0 Å². The van der Waals surface area contributed by atoms with Crippen molar-refractivity contribution >= 4 is 17.4 Å². The van der Waals surface area contributed by atoms with Crippen LogP contribution < -0.4 is 5.73 Å². The smallest absolute Gasteiger partial charge is 0.394 e. The lowest BCUT2D eigenvalue weighted by molar-refractivity contribution is -0.140. The van der Waals surface area contributed by atoms with E-state index in [-0.39, 0.29) is 47.6 Å². The molecule has 1 saturated heterocycles. The van der Waals surface area contributed by atoms with Crippen molar-refractivity contribution in [2.24, 2.45) is 10.7 Å². The van der Waals surface area contributed by atoms with Gasteiger partial charge in [-0.05, 0) is 70.4 Å². The number of morpholine rings is 1. The van der Waals surface area contributed by atoms with Crippen molar-refractivity contribution in [3.63, 3.8) is 0 Å². The Morgan fingerprint density at radius 1 is 1.10 bits per heavy atom. The highest BCUT2D eigenvalue weighted by atomic mass is 19.4. The number of ketones is 1. The molecule has 3 atom stereocenters. The molecule has 0 radical (unpaired) electrons. The van der Waals surface area contributed by atoms with Crippen LogP contribution >= 0.6 is 0 Å². The summed E-state index contributed by atoms with van der Waals surface area (Å²) in [5.74, 6) is -1.34. The average molecular weight is 584 g/mol. The number of Topliss-reactive ketones (excluding diaryl/α,β-unsaturated/α-hetero) is 1. The summed E-state index contributed by atoms with van der Waals surface area (Å²) in [5, 5.41) is 0. The lowest BCUT2D eigenvalue weighted by Gasteiger charge is -2.35.